The Morgan fingerprint density at radius 3 is 2.49 bits per heavy atom. The molecule has 35 heavy (non-hydrogen) atoms. The molecule has 1 atom stereocenters. The first kappa shape index (κ1) is 24.8. The molecule has 0 bridgehead atoms. The van der Waals surface area contributed by atoms with Crippen LogP contribution in [-0.4, -0.2) is 39.5 Å². The zero-order chi connectivity index (χ0) is 25.2. The quantitative estimate of drug-likeness (QED) is 0.457. The van der Waals surface area contributed by atoms with E-state index in [1.807, 2.05) is 0 Å². The molecule has 3 aromatic rings. The van der Waals surface area contributed by atoms with E-state index in [4.69, 9.17) is 32.7 Å². The molecule has 0 aliphatic carbocycles. The number of ether oxygens (including phenoxy) is 2. The predicted molar refractivity (Wildman–Crippen MR) is 133 cm³/mol. The van der Waals surface area contributed by atoms with Crippen LogP contribution in [0.5, 0.6) is 5.75 Å². The fourth-order valence-electron chi connectivity index (χ4n) is 3.49. The number of amides is 1. The minimum Gasteiger partial charge on any atom is -0.476 e. The molecule has 0 fully saturated rings. The monoisotopic (exact) mass is 534 g/mol. The van der Waals surface area contributed by atoms with E-state index in [0.29, 0.717) is 16.4 Å². The number of carbonyl (C=O) groups is 2. The first-order valence-electron chi connectivity index (χ1n) is 10.5. The number of carbonyl (C=O) groups excluding carboxylic acids is 2. The number of nitrogens with zero attached hydrogens (tertiary/aromatic N) is 1. The lowest BCUT2D eigenvalue weighted by Crippen LogP contribution is -2.48. The molecule has 0 saturated carbocycles. The number of benzene rings is 3. The molecule has 0 radical (unpaired) electrons. The van der Waals surface area contributed by atoms with Gasteiger partial charge in [-0.15, -0.1) is 0 Å². The van der Waals surface area contributed by atoms with Gasteiger partial charge < -0.3 is 14.8 Å². The fraction of sp³-hybridized carbons (Fsp3) is 0.167. The van der Waals surface area contributed by atoms with Crippen LogP contribution in [0.1, 0.15) is 17.3 Å². The Labute approximate surface area is 212 Å². The van der Waals surface area contributed by atoms with Crippen LogP contribution in [0.2, 0.25) is 10.0 Å². The highest BCUT2D eigenvalue weighted by Gasteiger charge is 2.37. The van der Waals surface area contributed by atoms with Crippen molar-refractivity contribution in [1.29, 1.82) is 0 Å². The van der Waals surface area contributed by atoms with Crippen molar-refractivity contribution in [2.75, 3.05) is 22.8 Å². The van der Waals surface area contributed by atoms with Gasteiger partial charge in [0.2, 0.25) is 0 Å². The first-order chi connectivity index (χ1) is 16.7. The maximum atomic E-state index is 13.4. The van der Waals surface area contributed by atoms with E-state index >= 15 is 0 Å². The van der Waals surface area contributed by atoms with Crippen molar-refractivity contribution in [3.8, 4) is 5.75 Å². The van der Waals surface area contributed by atoms with E-state index in [-0.39, 0.29) is 34.4 Å². The maximum absolute atomic E-state index is 13.4. The first-order valence-corrected chi connectivity index (χ1v) is 12.7. The van der Waals surface area contributed by atoms with Crippen LogP contribution in [0.4, 0.5) is 11.4 Å². The topological polar surface area (TPSA) is 102 Å². The summed E-state index contributed by atoms with van der Waals surface area (Å²) in [5.74, 6) is -0.923. The fourth-order valence-corrected chi connectivity index (χ4v) is 5.35. The van der Waals surface area contributed by atoms with E-state index in [1.54, 1.807) is 31.2 Å². The Morgan fingerprint density at radius 2 is 1.80 bits per heavy atom. The Hall–Kier alpha value is -3.27. The Morgan fingerprint density at radius 1 is 1.09 bits per heavy atom. The molecule has 182 valence electrons. The number of hydrogen-bond acceptors (Lipinski definition) is 6. The number of rotatable bonds is 6. The molecule has 1 heterocycles. The third kappa shape index (κ3) is 5.22. The smallest absolute Gasteiger partial charge is 0.339 e. The number of fused-ring (bicyclic) bond motifs is 1. The predicted octanol–water partition coefficient (Wildman–Crippen LogP) is 4.77. The lowest BCUT2D eigenvalue weighted by atomic mass is 10.2. The van der Waals surface area contributed by atoms with Crippen molar-refractivity contribution < 1.29 is 27.5 Å². The van der Waals surface area contributed by atoms with Gasteiger partial charge in [-0.25, -0.2) is 13.2 Å². The van der Waals surface area contributed by atoms with E-state index < -0.39 is 28.0 Å². The molecule has 0 spiro atoms. The van der Waals surface area contributed by atoms with Gasteiger partial charge in [-0.2, -0.15) is 0 Å². The summed E-state index contributed by atoms with van der Waals surface area (Å²) in [7, 11) is -4.02. The third-order valence-electron chi connectivity index (χ3n) is 5.16. The van der Waals surface area contributed by atoms with Crippen molar-refractivity contribution in [2.24, 2.45) is 0 Å². The molecule has 11 heteroatoms. The van der Waals surface area contributed by atoms with Crippen LogP contribution in [-0.2, 0) is 19.6 Å². The van der Waals surface area contributed by atoms with Crippen molar-refractivity contribution in [2.45, 2.75) is 17.9 Å². The van der Waals surface area contributed by atoms with E-state index in [2.05, 4.69) is 5.32 Å². The molecule has 1 aliphatic heterocycles. The number of halogens is 2. The molecule has 1 aliphatic rings. The molecule has 0 unspecified atom stereocenters. The van der Waals surface area contributed by atoms with Crippen LogP contribution in [0, 0.1) is 0 Å². The minimum absolute atomic E-state index is 0.0269. The molecular formula is C24H20Cl2N2O6S. The SMILES string of the molecule is CCOC(=O)c1ccc(NC(=O)[C@@H]2CN(S(=O)(=O)c3ccc(Cl)cc3)c3ccccc3O2)cc1Cl. The highest BCUT2D eigenvalue weighted by Crippen LogP contribution is 2.37. The summed E-state index contributed by atoms with van der Waals surface area (Å²) in [6.07, 6.45) is -1.16. The van der Waals surface area contributed by atoms with Gasteiger partial charge in [0.15, 0.2) is 6.10 Å². The number of sulfonamides is 1. The van der Waals surface area contributed by atoms with Crippen LogP contribution in [0.25, 0.3) is 0 Å². The van der Waals surface area contributed by atoms with Gasteiger partial charge >= 0.3 is 5.97 Å². The van der Waals surface area contributed by atoms with Crippen LogP contribution < -0.4 is 14.4 Å². The standard InChI is InChI=1S/C24H20Cl2N2O6S/c1-2-33-24(30)18-12-9-16(13-19(18)26)27-23(29)22-14-28(20-5-3-4-6-21(20)34-22)35(31,32)17-10-7-15(25)8-11-17/h3-13,22H,2,14H2,1H3,(H,27,29)/t22-/m0/s1. The summed E-state index contributed by atoms with van der Waals surface area (Å²) in [4.78, 5) is 25.0. The lowest BCUT2D eigenvalue weighted by molar-refractivity contribution is -0.122. The Bertz CT molecular complexity index is 1380. The second kappa shape index (κ2) is 10.2. The average Bonchev–Trinajstić information content (AvgIpc) is 2.83. The van der Waals surface area contributed by atoms with Gasteiger partial charge in [-0.3, -0.25) is 9.10 Å². The zero-order valence-electron chi connectivity index (χ0n) is 18.4. The second-order valence-electron chi connectivity index (χ2n) is 7.47. The summed E-state index contributed by atoms with van der Waals surface area (Å²) in [6.45, 7) is 1.62. The van der Waals surface area contributed by atoms with Gasteiger partial charge in [-0.1, -0.05) is 35.3 Å². The molecule has 4 rings (SSSR count). The number of para-hydroxylation sites is 2. The third-order valence-corrected chi connectivity index (χ3v) is 7.52. The van der Waals surface area contributed by atoms with Crippen LogP contribution in [0.15, 0.2) is 71.6 Å². The second-order valence-corrected chi connectivity index (χ2v) is 10.2. The molecule has 1 amide bonds. The van der Waals surface area contributed by atoms with Gasteiger partial charge in [0.25, 0.3) is 15.9 Å². The number of anilines is 2. The van der Waals surface area contributed by atoms with Gasteiger partial charge in [0.05, 0.1) is 34.3 Å². The van der Waals surface area contributed by atoms with E-state index in [0.717, 1.165) is 4.31 Å². The highest BCUT2D eigenvalue weighted by molar-refractivity contribution is 7.92. The van der Waals surface area contributed by atoms with Gasteiger partial charge in [-0.05, 0) is 61.5 Å². The van der Waals surface area contributed by atoms with Crippen molar-refractivity contribution >= 4 is 56.5 Å². The van der Waals surface area contributed by atoms with Gasteiger partial charge in [0, 0.05) is 10.7 Å². The van der Waals surface area contributed by atoms with Crippen molar-refractivity contribution in [1.82, 2.24) is 0 Å². The maximum Gasteiger partial charge on any atom is 0.339 e. The minimum atomic E-state index is -4.02. The number of esters is 1. The van der Waals surface area contributed by atoms with Crippen molar-refractivity contribution in [3.05, 3.63) is 82.3 Å². The zero-order valence-corrected chi connectivity index (χ0v) is 20.7. The van der Waals surface area contributed by atoms with Gasteiger partial charge in [0.1, 0.15) is 5.75 Å². The number of nitrogens with one attached hydrogen (secondary N) is 1. The average molecular weight is 535 g/mol. The normalized spacial score (nSPS) is 15.1. The molecule has 0 saturated heterocycles. The molecule has 0 aromatic heterocycles. The summed E-state index contributed by atoms with van der Waals surface area (Å²) < 4.78 is 38.7. The summed E-state index contributed by atoms with van der Waals surface area (Å²) >= 11 is 12.1. The van der Waals surface area contributed by atoms with Crippen molar-refractivity contribution in [3.63, 3.8) is 0 Å². The number of hydrogen-bond donors (Lipinski definition) is 1. The summed E-state index contributed by atoms with van der Waals surface area (Å²) in [5, 5.41) is 3.16. The largest absolute Gasteiger partial charge is 0.476 e. The van der Waals surface area contributed by atoms with E-state index in [1.165, 1.54) is 42.5 Å². The van der Waals surface area contributed by atoms with E-state index in [9.17, 15) is 18.0 Å². The highest BCUT2D eigenvalue weighted by atomic mass is 35.5. The molecule has 8 nitrogen and oxygen atoms in total. The summed E-state index contributed by atoms with van der Waals surface area (Å²) in [5.41, 5.74) is 0.783. The lowest BCUT2D eigenvalue weighted by Gasteiger charge is -2.34. The molecular weight excluding hydrogens is 515 g/mol. The Balaban J connectivity index is 1.59. The Kier molecular flexibility index (Phi) is 7.20. The van der Waals surface area contributed by atoms with Crippen LogP contribution >= 0.6 is 23.2 Å². The molecule has 3 aromatic carbocycles. The summed E-state index contributed by atoms with van der Waals surface area (Å²) in [6, 6.07) is 16.7. The van der Waals surface area contributed by atoms with Crippen LogP contribution in [0.3, 0.4) is 0 Å². The molecule has 1 N–H and O–H groups in total.